The summed E-state index contributed by atoms with van der Waals surface area (Å²) in [6.45, 7) is 6.80. The first-order chi connectivity index (χ1) is 15.5. The average Bonchev–Trinajstić information content (AvgIpc) is 3.04. The van der Waals surface area contributed by atoms with Gasteiger partial charge in [-0.25, -0.2) is 0 Å². The van der Waals surface area contributed by atoms with Crippen LogP contribution in [0.25, 0.3) is 0 Å². The van der Waals surface area contributed by atoms with Crippen LogP contribution in [0.3, 0.4) is 0 Å². The molecule has 1 aromatic carbocycles. The number of benzene rings is 1. The molecule has 3 rings (SSSR count). The Kier molecular flexibility index (Phi) is 9.63. The van der Waals surface area contributed by atoms with Crippen molar-refractivity contribution in [1.82, 2.24) is 14.7 Å². The molecule has 1 heterocycles. The molecule has 1 aromatic rings. The zero-order valence-electron chi connectivity index (χ0n) is 20.1. The highest BCUT2D eigenvalue weighted by Crippen LogP contribution is 2.29. The van der Waals surface area contributed by atoms with Crippen molar-refractivity contribution >= 4 is 5.91 Å². The fourth-order valence-corrected chi connectivity index (χ4v) is 4.87. The number of carbonyl (C=O) groups is 1. The molecule has 1 saturated heterocycles. The SMILES string of the molecule is COc1cc(CN2CCCN(C(C)=O)CC2)ccc1OC[C@@H](O)CN(C)C1CCCCC1. The second kappa shape index (κ2) is 12.4. The van der Waals surface area contributed by atoms with Crippen molar-refractivity contribution in [2.24, 2.45) is 0 Å². The Morgan fingerprint density at radius 2 is 1.91 bits per heavy atom. The summed E-state index contributed by atoms with van der Waals surface area (Å²) in [7, 11) is 3.75. The molecular formula is C25H41N3O4. The van der Waals surface area contributed by atoms with Crippen LogP contribution in [0.15, 0.2) is 18.2 Å². The molecule has 32 heavy (non-hydrogen) atoms. The van der Waals surface area contributed by atoms with Gasteiger partial charge in [-0.3, -0.25) is 9.69 Å². The monoisotopic (exact) mass is 447 g/mol. The lowest BCUT2D eigenvalue weighted by molar-refractivity contribution is -0.128. The van der Waals surface area contributed by atoms with Crippen molar-refractivity contribution in [1.29, 1.82) is 0 Å². The molecule has 0 aromatic heterocycles. The van der Waals surface area contributed by atoms with Gasteiger partial charge in [-0.1, -0.05) is 25.3 Å². The molecule has 180 valence electrons. The number of hydrogen-bond acceptors (Lipinski definition) is 6. The fraction of sp³-hybridized carbons (Fsp3) is 0.720. The number of amides is 1. The normalized spacial score (nSPS) is 19.6. The van der Waals surface area contributed by atoms with E-state index in [4.69, 9.17) is 9.47 Å². The molecule has 7 nitrogen and oxygen atoms in total. The first kappa shape index (κ1) is 24.8. The van der Waals surface area contributed by atoms with Crippen LogP contribution in [0.4, 0.5) is 0 Å². The third-order valence-corrected chi connectivity index (χ3v) is 6.80. The number of nitrogens with zero attached hydrogens (tertiary/aromatic N) is 3. The number of likely N-dealkylation sites (N-methyl/N-ethyl adjacent to an activating group) is 1. The largest absolute Gasteiger partial charge is 0.493 e. The van der Waals surface area contributed by atoms with Gasteiger partial charge in [-0.15, -0.1) is 0 Å². The van der Waals surface area contributed by atoms with Gasteiger partial charge in [0.2, 0.25) is 5.91 Å². The first-order valence-electron chi connectivity index (χ1n) is 12.1. The molecule has 0 radical (unpaired) electrons. The minimum absolute atomic E-state index is 0.155. The summed E-state index contributed by atoms with van der Waals surface area (Å²) in [5, 5.41) is 10.5. The van der Waals surface area contributed by atoms with Crippen LogP contribution in [0.2, 0.25) is 0 Å². The number of rotatable bonds is 9. The standard InChI is InChI=1S/C25H41N3O4/c1-20(29)28-13-7-12-27(14-15-28)17-21-10-11-24(25(16-21)31-3)32-19-23(30)18-26(2)22-8-5-4-6-9-22/h10-11,16,22-23,30H,4-9,12-15,17-19H2,1-3H3/t23-/m0/s1. The maximum Gasteiger partial charge on any atom is 0.219 e. The Balaban J connectivity index is 1.49. The first-order valence-corrected chi connectivity index (χ1v) is 12.1. The van der Waals surface area contributed by atoms with Gasteiger partial charge >= 0.3 is 0 Å². The Labute approximate surface area is 193 Å². The lowest BCUT2D eigenvalue weighted by Gasteiger charge is -2.32. The van der Waals surface area contributed by atoms with Crippen LogP contribution < -0.4 is 9.47 Å². The van der Waals surface area contributed by atoms with Crippen LogP contribution in [0, 0.1) is 0 Å². The van der Waals surface area contributed by atoms with Gasteiger partial charge in [-0.2, -0.15) is 0 Å². The molecule has 1 N–H and O–H groups in total. The predicted octanol–water partition coefficient (Wildman–Crippen LogP) is 2.75. The molecule has 1 atom stereocenters. The summed E-state index contributed by atoms with van der Waals surface area (Å²) in [4.78, 5) is 18.2. The van der Waals surface area contributed by atoms with Crippen LogP contribution in [-0.4, -0.2) is 91.3 Å². The van der Waals surface area contributed by atoms with Gasteiger partial charge in [0.25, 0.3) is 0 Å². The van der Waals surface area contributed by atoms with E-state index in [-0.39, 0.29) is 12.5 Å². The Bertz CT molecular complexity index is 723. The maximum atomic E-state index is 11.6. The summed E-state index contributed by atoms with van der Waals surface area (Å²) in [6.07, 6.45) is 6.82. The van der Waals surface area contributed by atoms with Crippen LogP contribution in [-0.2, 0) is 11.3 Å². The molecular weight excluding hydrogens is 406 g/mol. The molecule has 2 fully saturated rings. The molecule has 1 aliphatic carbocycles. The second-order valence-corrected chi connectivity index (χ2v) is 9.32. The molecule has 1 amide bonds. The highest BCUT2D eigenvalue weighted by Gasteiger charge is 2.21. The number of ether oxygens (including phenoxy) is 2. The van der Waals surface area contributed by atoms with E-state index in [1.165, 1.54) is 32.1 Å². The number of aliphatic hydroxyl groups excluding tert-OH is 1. The Morgan fingerprint density at radius 3 is 2.62 bits per heavy atom. The van der Waals surface area contributed by atoms with E-state index in [1.807, 2.05) is 17.0 Å². The summed E-state index contributed by atoms with van der Waals surface area (Å²) >= 11 is 0. The molecule has 0 bridgehead atoms. The van der Waals surface area contributed by atoms with Crippen molar-refractivity contribution in [3.8, 4) is 11.5 Å². The van der Waals surface area contributed by atoms with Crippen molar-refractivity contribution in [2.75, 3.05) is 53.5 Å². The lowest BCUT2D eigenvalue weighted by atomic mass is 9.94. The van der Waals surface area contributed by atoms with Gasteiger partial charge in [0.1, 0.15) is 12.7 Å². The Hall–Kier alpha value is -1.83. The van der Waals surface area contributed by atoms with Gasteiger partial charge in [-0.05, 0) is 44.0 Å². The van der Waals surface area contributed by atoms with Gasteiger partial charge in [0.15, 0.2) is 11.5 Å². The quantitative estimate of drug-likeness (QED) is 0.628. The molecule has 0 unspecified atom stereocenters. The number of aliphatic hydroxyl groups is 1. The highest BCUT2D eigenvalue weighted by atomic mass is 16.5. The van der Waals surface area contributed by atoms with E-state index in [0.717, 1.165) is 44.7 Å². The van der Waals surface area contributed by atoms with E-state index in [0.29, 0.717) is 24.1 Å². The van der Waals surface area contributed by atoms with Crippen molar-refractivity contribution in [2.45, 2.75) is 64.1 Å². The third kappa shape index (κ3) is 7.36. The fourth-order valence-electron chi connectivity index (χ4n) is 4.87. The van der Waals surface area contributed by atoms with E-state index in [2.05, 4.69) is 22.9 Å². The smallest absolute Gasteiger partial charge is 0.219 e. The summed E-state index contributed by atoms with van der Waals surface area (Å²) in [5.41, 5.74) is 1.16. The third-order valence-electron chi connectivity index (χ3n) is 6.80. The maximum absolute atomic E-state index is 11.6. The molecule has 7 heteroatoms. The number of hydrogen-bond donors (Lipinski definition) is 1. The predicted molar refractivity (Wildman–Crippen MR) is 126 cm³/mol. The van der Waals surface area contributed by atoms with Gasteiger partial charge < -0.3 is 24.4 Å². The summed E-state index contributed by atoms with van der Waals surface area (Å²) in [6, 6.07) is 6.59. The molecule has 1 aliphatic heterocycles. The molecule has 2 aliphatic rings. The number of carbonyl (C=O) groups excluding carboxylic acids is 1. The van der Waals surface area contributed by atoms with Crippen LogP contribution in [0.5, 0.6) is 11.5 Å². The molecule has 1 saturated carbocycles. The second-order valence-electron chi connectivity index (χ2n) is 9.32. The van der Waals surface area contributed by atoms with Crippen LogP contribution >= 0.6 is 0 Å². The zero-order chi connectivity index (χ0) is 22.9. The topological polar surface area (TPSA) is 65.5 Å². The minimum Gasteiger partial charge on any atom is -0.493 e. The van der Waals surface area contributed by atoms with Crippen molar-refractivity contribution in [3.05, 3.63) is 23.8 Å². The van der Waals surface area contributed by atoms with E-state index >= 15 is 0 Å². The van der Waals surface area contributed by atoms with E-state index < -0.39 is 6.10 Å². The molecule has 0 spiro atoms. The van der Waals surface area contributed by atoms with Gasteiger partial charge in [0.05, 0.1) is 7.11 Å². The minimum atomic E-state index is -0.535. The average molecular weight is 448 g/mol. The Morgan fingerprint density at radius 1 is 1.12 bits per heavy atom. The lowest BCUT2D eigenvalue weighted by Crippen LogP contribution is -2.40. The van der Waals surface area contributed by atoms with E-state index in [1.54, 1.807) is 14.0 Å². The van der Waals surface area contributed by atoms with Crippen LogP contribution in [0.1, 0.15) is 51.0 Å². The zero-order valence-corrected chi connectivity index (χ0v) is 20.1. The highest BCUT2D eigenvalue weighted by molar-refractivity contribution is 5.73. The summed E-state index contributed by atoms with van der Waals surface area (Å²) in [5.74, 6) is 1.51. The van der Waals surface area contributed by atoms with Crippen molar-refractivity contribution < 1.29 is 19.4 Å². The van der Waals surface area contributed by atoms with E-state index in [9.17, 15) is 9.90 Å². The summed E-state index contributed by atoms with van der Waals surface area (Å²) < 4.78 is 11.5. The number of methoxy groups -OCH3 is 1. The van der Waals surface area contributed by atoms with Crippen molar-refractivity contribution in [3.63, 3.8) is 0 Å². The van der Waals surface area contributed by atoms with Gasteiger partial charge in [0, 0.05) is 52.2 Å².